The van der Waals surface area contributed by atoms with Crippen LogP contribution in [0.15, 0.2) is 10.9 Å². The molecule has 0 unspecified atom stereocenters. The molecule has 1 aromatic heterocycles. The second kappa shape index (κ2) is 6.57. The fraction of sp³-hybridized carbons (Fsp3) is 0.706. The SMILES string of the molecule is CCN1CCc2c(cc(CS)c(=O)n2C2CCCCC2)C1. The molecule has 0 bridgehead atoms. The van der Waals surface area contributed by atoms with E-state index in [0.717, 1.165) is 31.6 Å². The Morgan fingerprint density at radius 3 is 2.71 bits per heavy atom. The van der Waals surface area contributed by atoms with Gasteiger partial charge in [-0.25, -0.2) is 0 Å². The van der Waals surface area contributed by atoms with E-state index in [-0.39, 0.29) is 5.56 Å². The normalized spacial score (nSPS) is 20.5. The van der Waals surface area contributed by atoms with Crippen molar-refractivity contribution in [2.75, 3.05) is 13.1 Å². The fourth-order valence-corrected chi connectivity index (χ4v) is 4.12. The smallest absolute Gasteiger partial charge is 0.255 e. The second-order valence-electron chi connectivity index (χ2n) is 6.39. The zero-order valence-electron chi connectivity index (χ0n) is 13.0. The Kier molecular flexibility index (Phi) is 4.75. The van der Waals surface area contributed by atoms with Gasteiger partial charge in [-0.2, -0.15) is 12.6 Å². The highest BCUT2D eigenvalue weighted by Crippen LogP contribution is 2.30. The lowest BCUT2D eigenvalue weighted by molar-refractivity contribution is 0.253. The zero-order valence-corrected chi connectivity index (χ0v) is 13.9. The molecule has 1 aliphatic heterocycles. The van der Waals surface area contributed by atoms with Crippen LogP contribution in [0.25, 0.3) is 0 Å². The molecule has 1 aliphatic carbocycles. The van der Waals surface area contributed by atoms with Crippen molar-refractivity contribution in [3.63, 3.8) is 0 Å². The van der Waals surface area contributed by atoms with E-state index in [1.807, 2.05) is 0 Å². The van der Waals surface area contributed by atoms with Crippen LogP contribution >= 0.6 is 12.6 Å². The van der Waals surface area contributed by atoms with Gasteiger partial charge in [-0.05, 0) is 31.0 Å². The van der Waals surface area contributed by atoms with Crippen molar-refractivity contribution in [1.82, 2.24) is 9.47 Å². The molecule has 4 heteroatoms. The number of pyridine rings is 1. The standard InChI is InChI=1S/C17H26N2OS/c1-2-18-9-8-16-13(11-18)10-14(12-21)17(20)19(16)15-6-4-3-5-7-15/h10,15,21H,2-9,11-12H2,1H3. The molecule has 21 heavy (non-hydrogen) atoms. The van der Waals surface area contributed by atoms with E-state index in [0.29, 0.717) is 11.8 Å². The third kappa shape index (κ3) is 2.93. The van der Waals surface area contributed by atoms with Gasteiger partial charge >= 0.3 is 0 Å². The molecule has 0 saturated heterocycles. The van der Waals surface area contributed by atoms with Crippen molar-refractivity contribution >= 4 is 12.6 Å². The first-order chi connectivity index (χ1) is 10.2. The van der Waals surface area contributed by atoms with Crippen LogP contribution in [0, 0.1) is 0 Å². The van der Waals surface area contributed by atoms with Crippen LogP contribution in [0.5, 0.6) is 0 Å². The average Bonchev–Trinajstić information content (AvgIpc) is 2.54. The highest BCUT2D eigenvalue weighted by molar-refractivity contribution is 7.79. The Balaban J connectivity index is 2.06. The lowest BCUT2D eigenvalue weighted by Gasteiger charge is -2.34. The minimum Gasteiger partial charge on any atom is -0.309 e. The molecule has 2 aliphatic rings. The summed E-state index contributed by atoms with van der Waals surface area (Å²) in [4.78, 5) is 15.3. The fourth-order valence-electron chi connectivity index (χ4n) is 3.90. The highest BCUT2D eigenvalue weighted by atomic mass is 32.1. The molecule has 0 aromatic carbocycles. The van der Waals surface area contributed by atoms with Crippen LogP contribution in [0.2, 0.25) is 0 Å². The Labute approximate surface area is 132 Å². The maximum Gasteiger partial charge on any atom is 0.255 e. The van der Waals surface area contributed by atoms with Crippen molar-refractivity contribution in [2.24, 2.45) is 0 Å². The third-order valence-electron chi connectivity index (χ3n) is 5.12. The summed E-state index contributed by atoms with van der Waals surface area (Å²) in [6.45, 7) is 5.36. The van der Waals surface area contributed by atoms with E-state index in [2.05, 4.69) is 35.1 Å². The van der Waals surface area contributed by atoms with Gasteiger partial charge in [-0.3, -0.25) is 9.69 Å². The van der Waals surface area contributed by atoms with Crippen LogP contribution in [-0.2, 0) is 18.7 Å². The van der Waals surface area contributed by atoms with Gasteiger partial charge in [0.2, 0.25) is 0 Å². The van der Waals surface area contributed by atoms with Gasteiger partial charge < -0.3 is 4.57 Å². The molecule has 3 nitrogen and oxygen atoms in total. The molecule has 2 heterocycles. The molecule has 1 saturated carbocycles. The maximum atomic E-state index is 12.8. The number of fused-ring (bicyclic) bond motifs is 1. The Bertz CT molecular complexity index is 561. The van der Waals surface area contributed by atoms with Crippen LogP contribution in [0.3, 0.4) is 0 Å². The summed E-state index contributed by atoms with van der Waals surface area (Å²) in [5.74, 6) is 0.547. The van der Waals surface area contributed by atoms with E-state index >= 15 is 0 Å². The molecule has 0 radical (unpaired) electrons. The van der Waals surface area contributed by atoms with Gasteiger partial charge in [0.1, 0.15) is 0 Å². The third-order valence-corrected chi connectivity index (χ3v) is 5.46. The molecular weight excluding hydrogens is 280 g/mol. The zero-order chi connectivity index (χ0) is 14.8. The van der Waals surface area contributed by atoms with Gasteiger partial charge in [-0.15, -0.1) is 0 Å². The van der Waals surface area contributed by atoms with Gasteiger partial charge in [0, 0.05) is 42.6 Å². The van der Waals surface area contributed by atoms with Gasteiger partial charge in [0.15, 0.2) is 0 Å². The summed E-state index contributed by atoms with van der Waals surface area (Å²) in [5, 5.41) is 0. The molecule has 0 atom stereocenters. The van der Waals surface area contributed by atoms with E-state index in [9.17, 15) is 4.79 Å². The second-order valence-corrected chi connectivity index (χ2v) is 6.70. The lowest BCUT2D eigenvalue weighted by Crippen LogP contribution is -2.38. The number of hydrogen-bond acceptors (Lipinski definition) is 3. The van der Waals surface area contributed by atoms with Crippen molar-refractivity contribution in [2.45, 2.75) is 63.8 Å². The minimum absolute atomic E-state index is 0.223. The molecular formula is C17H26N2OS. The summed E-state index contributed by atoms with van der Waals surface area (Å²) < 4.78 is 2.16. The van der Waals surface area contributed by atoms with E-state index in [4.69, 9.17) is 0 Å². The van der Waals surface area contributed by atoms with Gasteiger partial charge in [0.25, 0.3) is 5.56 Å². The highest BCUT2D eigenvalue weighted by Gasteiger charge is 2.25. The van der Waals surface area contributed by atoms with Crippen molar-refractivity contribution < 1.29 is 0 Å². The van der Waals surface area contributed by atoms with Crippen LogP contribution < -0.4 is 5.56 Å². The first kappa shape index (κ1) is 15.2. The van der Waals surface area contributed by atoms with Crippen molar-refractivity contribution in [3.05, 3.63) is 33.2 Å². The average molecular weight is 306 g/mol. The molecule has 3 rings (SSSR count). The summed E-state index contributed by atoms with van der Waals surface area (Å²) in [6.07, 6.45) is 7.20. The van der Waals surface area contributed by atoms with E-state index < -0.39 is 0 Å². The Hall–Kier alpha value is -0.740. The number of likely N-dealkylation sites (N-methyl/N-ethyl adjacent to an activating group) is 1. The first-order valence-electron chi connectivity index (χ1n) is 8.34. The molecule has 1 fully saturated rings. The van der Waals surface area contributed by atoms with Crippen LogP contribution in [0.1, 0.15) is 61.9 Å². The number of aromatic nitrogens is 1. The summed E-state index contributed by atoms with van der Waals surface area (Å²) in [5.41, 5.74) is 3.76. The molecule has 0 amide bonds. The quantitative estimate of drug-likeness (QED) is 0.868. The summed E-state index contributed by atoms with van der Waals surface area (Å²) in [7, 11) is 0. The largest absolute Gasteiger partial charge is 0.309 e. The molecule has 116 valence electrons. The topological polar surface area (TPSA) is 25.2 Å². The predicted octanol–water partition coefficient (Wildman–Crippen LogP) is 3.16. The summed E-state index contributed by atoms with van der Waals surface area (Å²) in [6, 6.07) is 2.54. The Morgan fingerprint density at radius 1 is 1.29 bits per heavy atom. The van der Waals surface area contributed by atoms with Crippen molar-refractivity contribution in [1.29, 1.82) is 0 Å². The number of thiol groups is 1. The van der Waals surface area contributed by atoms with Crippen LogP contribution in [0.4, 0.5) is 0 Å². The lowest BCUT2D eigenvalue weighted by atomic mass is 9.93. The van der Waals surface area contributed by atoms with E-state index in [1.54, 1.807) is 0 Å². The first-order valence-corrected chi connectivity index (χ1v) is 8.97. The van der Waals surface area contributed by atoms with Crippen molar-refractivity contribution in [3.8, 4) is 0 Å². The number of nitrogens with zero attached hydrogens (tertiary/aromatic N) is 2. The summed E-state index contributed by atoms with van der Waals surface area (Å²) >= 11 is 4.38. The number of rotatable bonds is 3. The Morgan fingerprint density at radius 2 is 2.05 bits per heavy atom. The van der Waals surface area contributed by atoms with Gasteiger partial charge in [-0.1, -0.05) is 26.2 Å². The molecule has 0 spiro atoms. The monoisotopic (exact) mass is 306 g/mol. The molecule has 1 aromatic rings. The van der Waals surface area contributed by atoms with Gasteiger partial charge in [0.05, 0.1) is 0 Å². The van der Waals surface area contributed by atoms with Crippen LogP contribution in [-0.4, -0.2) is 22.6 Å². The molecule has 0 N–H and O–H groups in total. The van der Waals surface area contributed by atoms with E-state index in [1.165, 1.54) is 43.4 Å². The predicted molar refractivity (Wildman–Crippen MR) is 90.2 cm³/mol. The minimum atomic E-state index is 0.223. The number of hydrogen-bond donors (Lipinski definition) is 1. The maximum absolute atomic E-state index is 12.8.